The molecular weight excluding hydrogens is 342 g/mol. The van der Waals surface area contributed by atoms with Gasteiger partial charge in [0.25, 0.3) is 5.91 Å². The smallest absolute Gasteiger partial charge is 0.254 e. The fourth-order valence-corrected chi connectivity index (χ4v) is 3.55. The van der Waals surface area contributed by atoms with Crippen molar-refractivity contribution in [2.45, 2.75) is 38.1 Å². The van der Waals surface area contributed by atoms with Gasteiger partial charge in [0.2, 0.25) is 5.88 Å². The van der Waals surface area contributed by atoms with Crippen molar-refractivity contribution in [3.8, 4) is 17.3 Å². The maximum absolute atomic E-state index is 13.0. The summed E-state index contributed by atoms with van der Waals surface area (Å²) >= 11 is 0. The van der Waals surface area contributed by atoms with Gasteiger partial charge in [0, 0.05) is 49.7 Å². The Labute approximate surface area is 160 Å². The van der Waals surface area contributed by atoms with E-state index in [1.807, 2.05) is 29.2 Å². The summed E-state index contributed by atoms with van der Waals surface area (Å²) in [6, 6.07) is 9.53. The maximum Gasteiger partial charge on any atom is 0.254 e. The third kappa shape index (κ3) is 4.83. The van der Waals surface area contributed by atoms with Crippen LogP contribution in [0.1, 0.15) is 42.5 Å². The van der Waals surface area contributed by atoms with Gasteiger partial charge < -0.3 is 14.4 Å². The van der Waals surface area contributed by atoms with Crippen LogP contribution in [0.5, 0.6) is 5.88 Å². The molecular formula is C21H27N3O3. The van der Waals surface area contributed by atoms with Gasteiger partial charge in [0.05, 0.1) is 7.11 Å². The van der Waals surface area contributed by atoms with Crippen LogP contribution in [0.4, 0.5) is 0 Å². The highest BCUT2D eigenvalue weighted by Gasteiger charge is 2.27. The molecule has 6 heteroatoms. The summed E-state index contributed by atoms with van der Waals surface area (Å²) in [5, 5.41) is 0. The van der Waals surface area contributed by atoms with Crippen molar-refractivity contribution in [3.63, 3.8) is 0 Å². The zero-order valence-corrected chi connectivity index (χ0v) is 16.1. The summed E-state index contributed by atoms with van der Waals surface area (Å²) < 4.78 is 10.3. The van der Waals surface area contributed by atoms with Gasteiger partial charge in [-0.1, -0.05) is 12.1 Å². The number of ether oxygens (including phenoxy) is 2. The van der Waals surface area contributed by atoms with Crippen molar-refractivity contribution in [3.05, 3.63) is 42.1 Å². The molecule has 0 unspecified atom stereocenters. The summed E-state index contributed by atoms with van der Waals surface area (Å²) in [4.78, 5) is 23.7. The van der Waals surface area contributed by atoms with E-state index in [4.69, 9.17) is 9.47 Å². The lowest BCUT2D eigenvalue weighted by atomic mass is 9.97. The molecule has 0 saturated carbocycles. The SMILES string of the molecule is COCCC[C@H]1CCCCN1C(=O)c1ccc(-c2nccc(OC)n2)cc1. The van der Waals surface area contributed by atoms with Crippen molar-refractivity contribution in [1.82, 2.24) is 14.9 Å². The Hall–Kier alpha value is -2.47. The molecule has 1 aliphatic heterocycles. The first-order chi connectivity index (χ1) is 13.2. The number of carbonyl (C=O) groups excluding carboxylic acids is 1. The lowest BCUT2D eigenvalue weighted by molar-refractivity contribution is 0.0585. The van der Waals surface area contributed by atoms with Crippen LogP contribution < -0.4 is 4.74 Å². The van der Waals surface area contributed by atoms with Crippen molar-refractivity contribution in [1.29, 1.82) is 0 Å². The van der Waals surface area contributed by atoms with Crippen LogP contribution in [0.2, 0.25) is 0 Å². The minimum atomic E-state index is 0.107. The Morgan fingerprint density at radius 2 is 2.00 bits per heavy atom. The topological polar surface area (TPSA) is 64.5 Å². The second-order valence-electron chi connectivity index (χ2n) is 6.78. The maximum atomic E-state index is 13.0. The molecule has 6 nitrogen and oxygen atoms in total. The second-order valence-corrected chi connectivity index (χ2v) is 6.78. The number of hydrogen-bond acceptors (Lipinski definition) is 5. The molecule has 144 valence electrons. The van der Waals surface area contributed by atoms with E-state index in [0.29, 0.717) is 23.3 Å². The molecule has 1 fully saturated rings. The van der Waals surface area contributed by atoms with E-state index in [1.165, 1.54) is 6.42 Å². The molecule has 1 atom stereocenters. The Morgan fingerprint density at radius 3 is 2.74 bits per heavy atom. The highest BCUT2D eigenvalue weighted by molar-refractivity contribution is 5.95. The standard InChI is InChI=1S/C21H27N3O3/c1-26-15-5-7-18-6-3-4-14-24(18)21(25)17-10-8-16(9-11-17)20-22-13-12-19(23-20)27-2/h8-13,18H,3-7,14-15H2,1-2H3/t18-/m1/s1. The fourth-order valence-electron chi connectivity index (χ4n) is 3.55. The van der Waals surface area contributed by atoms with Crippen LogP contribution >= 0.6 is 0 Å². The van der Waals surface area contributed by atoms with Gasteiger partial charge in [-0.2, -0.15) is 4.98 Å². The molecule has 2 heterocycles. The van der Waals surface area contributed by atoms with Crippen LogP contribution in [0.25, 0.3) is 11.4 Å². The van der Waals surface area contributed by atoms with Gasteiger partial charge >= 0.3 is 0 Å². The minimum Gasteiger partial charge on any atom is -0.481 e. The highest BCUT2D eigenvalue weighted by atomic mass is 16.5. The monoisotopic (exact) mass is 369 g/mol. The second kappa shape index (κ2) is 9.46. The zero-order valence-electron chi connectivity index (χ0n) is 16.1. The van der Waals surface area contributed by atoms with Crippen molar-refractivity contribution in [2.75, 3.05) is 27.4 Å². The molecule has 1 amide bonds. The fraction of sp³-hybridized carbons (Fsp3) is 0.476. The number of piperidine rings is 1. The predicted octanol–water partition coefficient (Wildman–Crippen LogP) is 3.57. The van der Waals surface area contributed by atoms with Crippen LogP contribution in [0, 0.1) is 0 Å². The molecule has 0 radical (unpaired) electrons. The Balaban J connectivity index is 1.72. The quantitative estimate of drug-likeness (QED) is 0.698. The van der Waals surface area contributed by atoms with E-state index >= 15 is 0 Å². The van der Waals surface area contributed by atoms with E-state index in [-0.39, 0.29) is 5.91 Å². The lowest BCUT2D eigenvalue weighted by Gasteiger charge is -2.36. The number of methoxy groups -OCH3 is 2. The number of amides is 1. The zero-order chi connectivity index (χ0) is 19.1. The number of nitrogens with zero attached hydrogens (tertiary/aromatic N) is 3. The van der Waals surface area contributed by atoms with E-state index in [2.05, 4.69) is 9.97 Å². The molecule has 0 N–H and O–H groups in total. The predicted molar refractivity (Wildman–Crippen MR) is 104 cm³/mol. The largest absolute Gasteiger partial charge is 0.481 e. The van der Waals surface area contributed by atoms with E-state index in [1.54, 1.807) is 26.5 Å². The van der Waals surface area contributed by atoms with Crippen molar-refractivity contribution in [2.24, 2.45) is 0 Å². The molecule has 1 aliphatic rings. The summed E-state index contributed by atoms with van der Waals surface area (Å²) in [6.07, 6.45) is 6.98. The van der Waals surface area contributed by atoms with Gasteiger partial charge in [0.15, 0.2) is 5.82 Å². The average Bonchev–Trinajstić information content (AvgIpc) is 2.74. The molecule has 1 aromatic carbocycles. The van der Waals surface area contributed by atoms with E-state index in [0.717, 1.165) is 44.4 Å². The number of likely N-dealkylation sites (tertiary alicyclic amines) is 1. The van der Waals surface area contributed by atoms with Gasteiger partial charge in [-0.05, 0) is 44.2 Å². The molecule has 3 rings (SSSR count). The van der Waals surface area contributed by atoms with E-state index < -0.39 is 0 Å². The minimum absolute atomic E-state index is 0.107. The number of benzene rings is 1. The summed E-state index contributed by atoms with van der Waals surface area (Å²) in [6.45, 7) is 1.57. The van der Waals surface area contributed by atoms with Crippen LogP contribution in [-0.2, 0) is 4.74 Å². The van der Waals surface area contributed by atoms with Crippen LogP contribution in [-0.4, -0.2) is 54.2 Å². The first-order valence-electron chi connectivity index (χ1n) is 9.50. The number of carbonyl (C=O) groups is 1. The van der Waals surface area contributed by atoms with Gasteiger partial charge in [0.1, 0.15) is 0 Å². The summed E-state index contributed by atoms with van der Waals surface area (Å²) in [5.41, 5.74) is 1.57. The third-order valence-electron chi connectivity index (χ3n) is 5.00. The Bertz CT molecular complexity index is 749. The number of rotatable bonds is 7. The molecule has 0 spiro atoms. The normalized spacial score (nSPS) is 17.0. The van der Waals surface area contributed by atoms with Crippen LogP contribution in [0.15, 0.2) is 36.5 Å². The van der Waals surface area contributed by atoms with Crippen molar-refractivity contribution < 1.29 is 14.3 Å². The summed E-state index contributed by atoms with van der Waals surface area (Å²) in [5.74, 6) is 1.21. The van der Waals surface area contributed by atoms with Gasteiger partial charge in [-0.25, -0.2) is 4.98 Å². The molecule has 2 aromatic rings. The first-order valence-corrected chi connectivity index (χ1v) is 9.50. The Kier molecular flexibility index (Phi) is 6.76. The molecule has 1 saturated heterocycles. The Morgan fingerprint density at radius 1 is 1.19 bits per heavy atom. The van der Waals surface area contributed by atoms with E-state index in [9.17, 15) is 4.79 Å². The van der Waals surface area contributed by atoms with Gasteiger partial charge in [-0.3, -0.25) is 4.79 Å². The number of hydrogen-bond donors (Lipinski definition) is 0. The molecule has 27 heavy (non-hydrogen) atoms. The first kappa shape index (κ1) is 19.3. The summed E-state index contributed by atoms with van der Waals surface area (Å²) in [7, 11) is 3.30. The lowest BCUT2D eigenvalue weighted by Crippen LogP contribution is -2.43. The molecule has 1 aromatic heterocycles. The average molecular weight is 369 g/mol. The highest BCUT2D eigenvalue weighted by Crippen LogP contribution is 2.24. The van der Waals surface area contributed by atoms with Gasteiger partial charge in [-0.15, -0.1) is 0 Å². The third-order valence-corrected chi connectivity index (χ3v) is 5.00. The molecule has 0 bridgehead atoms. The number of aromatic nitrogens is 2. The van der Waals surface area contributed by atoms with Crippen LogP contribution in [0.3, 0.4) is 0 Å². The van der Waals surface area contributed by atoms with Crippen molar-refractivity contribution >= 4 is 5.91 Å². The molecule has 0 aliphatic carbocycles.